The molecule has 27 heavy (non-hydrogen) atoms. The van der Waals surface area contributed by atoms with Gasteiger partial charge in [0, 0.05) is 6.04 Å². The topological polar surface area (TPSA) is 113 Å². The lowest BCUT2D eigenvalue weighted by molar-refractivity contribution is -0.347. The van der Waals surface area contributed by atoms with E-state index in [1.54, 1.807) is 23.1 Å². The maximum atomic E-state index is 12.8. The maximum absolute atomic E-state index is 12.8. The van der Waals surface area contributed by atoms with Crippen molar-refractivity contribution in [2.24, 2.45) is 11.5 Å². The van der Waals surface area contributed by atoms with Crippen LogP contribution in [0.25, 0.3) is 0 Å². The Labute approximate surface area is 166 Å². The first-order valence-corrected chi connectivity index (χ1v) is 9.18. The first kappa shape index (κ1) is 22.8. The van der Waals surface area contributed by atoms with Crippen molar-refractivity contribution in [2.45, 2.75) is 65.0 Å². The highest BCUT2D eigenvalue weighted by Crippen LogP contribution is 2.37. The van der Waals surface area contributed by atoms with Crippen molar-refractivity contribution < 1.29 is 31.7 Å². The van der Waals surface area contributed by atoms with Crippen molar-refractivity contribution in [1.82, 2.24) is 0 Å². The molecule has 0 spiro atoms. The molecule has 1 heterocycles. The van der Waals surface area contributed by atoms with E-state index in [0.29, 0.717) is 23.4 Å². The number of unbranched alkanes of at least 4 members (excludes halogenated alkanes) is 3. The molecule has 1 aromatic rings. The number of nitrogens with zero attached hydrogens (tertiary/aromatic N) is 1. The molecule has 5 N–H and O–H groups in total. The van der Waals surface area contributed by atoms with E-state index >= 15 is 0 Å². The van der Waals surface area contributed by atoms with Crippen molar-refractivity contribution in [3.05, 3.63) is 23.8 Å². The molecule has 0 saturated carbocycles. The number of halogens is 1. The summed E-state index contributed by atoms with van der Waals surface area (Å²) in [4.78, 5) is 29.1. The summed E-state index contributed by atoms with van der Waals surface area (Å²) in [6, 6.07) is 4.98. The van der Waals surface area contributed by atoms with Crippen molar-refractivity contribution in [3.8, 4) is 5.75 Å². The third-order valence-corrected chi connectivity index (χ3v) is 4.36. The van der Waals surface area contributed by atoms with Crippen molar-refractivity contribution in [2.75, 3.05) is 4.90 Å². The zero-order valence-electron chi connectivity index (χ0n) is 16.1. The molecule has 2 amide bonds. The number of rotatable bonds is 7. The van der Waals surface area contributed by atoms with Crippen LogP contribution in [0.5, 0.6) is 5.75 Å². The van der Waals surface area contributed by atoms with Gasteiger partial charge in [0.05, 0.1) is 11.3 Å². The summed E-state index contributed by atoms with van der Waals surface area (Å²) in [7, 11) is 0. The lowest BCUT2D eigenvalue weighted by Gasteiger charge is -2.37. The number of nitrogens with two attached hydrogens (primary N) is 2. The molecule has 1 aromatic carbocycles. The number of hydrogen-bond donors (Lipinski definition) is 3. The van der Waals surface area contributed by atoms with E-state index in [4.69, 9.17) is 16.2 Å². The van der Waals surface area contributed by atoms with E-state index in [0.717, 1.165) is 25.7 Å². The summed E-state index contributed by atoms with van der Waals surface area (Å²) in [5.74, 6) is -0.0758. The van der Waals surface area contributed by atoms with E-state index < -0.39 is 12.0 Å². The summed E-state index contributed by atoms with van der Waals surface area (Å²) in [6.45, 7) is 6.08. The molecule has 0 fully saturated rings. The Morgan fingerprint density at radius 3 is 2.56 bits per heavy atom. The van der Waals surface area contributed by atoms with Crippen molar-refractivity contribution in [3.63, 3.8) is 0 Å². The number of carbonyl (C=O) groups is 2. The third kappa shape index (κ3) is 5.60. The molecule has 150 valence electrons. The second-order valence-corrected chi connectivity index (χ2v) is 6.85. The summed E-state index contributed by atoms with van der Waals surface area (Å²) in [5, 5.41) is 0. The Morgan fingerprint density at radius 2 is 1.96 bits per heavy atom. The number of carbonyl (C=O) groups excluding carboxylic acids is 2. The predicted molar refractivity (Wildman–Crippen MR) is 101 cm³/mol. The van der Waals surface area contributed by atoms with Gasteiger partial charge in [-0.1, -0.05) is 26.2 Å². The molecule has 0 saturated heterocycles. The van der Waals surface area contributed by atoms with Gasteiger partial charge < -0.3 is 22.0 Å². The molecule has 0 radical (unpaired) electrons. The predicted octanol–water partition coefficient (Wildman–Crippen LogP) is -2.34. The number of amides is 2. The third-order valence-electron chi connectivity index (χ3n) is 4.36. The molecular formula is C19H29ClN4O3. The minimum Gasteiger partial charge on any atom is -1.00 e. The zero-order chi connectivity index (χ0) is 19.3. The molecule has 1 aliphatic heterocycles. The van der Waals surface area contributed by atoms with E-state index in [-0.39, 0.29) is 30.3 Å². The van der Waals surface area contributed by atoms with Crippen molar-refractivity contribution in [1.29, 1.82) is 0 Å². The normalized spacial score (nSPS) is 15.6. The van der Waals surface area contributed by atoms with Gasteiger partial charge in [0.15, 0.2) is 6.10 Å². The molecular weight excluding hydrogens is 368 g/mol. The lowest BCUT2D eigenvalue weighted by Crippen LogP contribution is -3.00. The molecule has 2 rings (SSSR count). The molecule has 1 aliphatic rings. The summed E-state index contributed by atoms with van der Waals surface area (Å²) < 4.78 is 5.96. The van der Waals surface area contributed by atoms with Gasteiger partial charge in [-0.05, 0) is 44.9 Å². The van der Waals surface area contributed by atoms with E-state index in [1.807, 2.05) is 13.8 Å². The number of fused-ring (bicyclic) bond motifs is 1. The fraction of sp³-hybridized carbons (Fsp3) is 0.526. The monoisotopic (exact) mass is 396 g/mol. The van der Waals surface area contributed by atoms with Gasteiger partial charge in [-0.25, -0.2) is 4.99 Å². The Hall–Kier alpha value is -2.28. The van der Waals surface area contributed by atoms with Crippen LogP contribution in [0.4, 0.5) is 5.69 Å². The van der Waals surface area contributed by atoms with E-state index in [1.165, 1.54) is 0 Å². The number of ether oxygens (including phenoxy) is 1. The van der Waals surface area contributed by atoms with Crippen LogP contribution in [0.2, 0.25) is 0 Å². The smallest absolute Gasteiger partial charge is 0.346 e. The van der Waals surface area contributed by atoms with Gasteiger partial charge in [-0.2, -0.15) is 0 Å². The number of nitrogens with one attached hydrogen (secondary N) is 1. The quantitative estimate of drug-likeness (QED) is 0.271. The average molecular weight is 397 g/mol. The first-order valence-electron chi connectivity index (χ1n) is 9.18. The fourth-order valence-electron chi connectivity index (χ4n) is 3.10. The highest BCUT2D eigenvalue weighted by molar-refractivity contribution is 6.01. The molecule has 0 aromatic heterocycles. The Balaban J connectivity index is 0.00000364. The van der Waals surface area contributed by atoms with Crippen LogP contribution in [0.15, 0.2) is 18.2 Å². The van der Waals surface area contributed by atoms with Crippen LogP contribution >= 0.6 is 0 Å². The molecule has 7 nitrogen and oxygen atoms in total. The minimum atomic E-state index is -0.522. The minimum absolute atomic E-state index is 0. The average Bonchev–Trinajstić information content (AvgIpc) is 2.57. The SMILES string of the molecule is CCCCCCC1Oc2cc(C(=O)[NH+]=C(N)N)ccc2N(C(C)C)C1=O.[Cl-]. The number of anilines is 1. The molecule has 0 aliphatic carbocycles. The Bertz CT molecular complexity index is 702. The van der Waals surface area contributed by atoms with Gasteiger partial charge in [0.25, 0.3) is 5.91 Å². The number of guanidine groups is 1. The summed E-state index contributed by atoms with van der Waals surface area (Å²) >= 11 is 0. The highest BCUT2D eigenvalue weighted by Gasteiger charge is 2.35. The summed E-state index contributed by atoms with van der Waals surface area (Å²) in [6.07, 6.45) is 4.44. The van der Waals surface area contributed by atoms with Crippen LogP contribution in [0.3, 0.4) is 0 Å². The maximum Gasteiger partial charge on any atom is 0.346 e. The fourth-order valence-corrected chi connectivity index (χ4v) is 3.10. The molecule has 8 heteroatoms. The van der Waals surface area contributed by atoms with Gasteiger partial charge in [-0.3, -0.25) is 21.1 Å². The summed E-state index contributed by atoms with van der Waals surface area (Å²) in [5.41, 5.74) is 11.7. The Kier molecular flexibility index (Phi) is 8.56. The number of benzene rings is 1. The van der Waals surface area contributed by atoms with Gasteiger partial charge in [0.1, 0.15) is 5.75 Å². The van der Waals surface area contributed by atoms with Crippen LogP contribution in [0.1, 0.15) is 63.2 Å². The van der Waals surface area contributed by atoms with Crippen LogP contribution in [-0.2, 0) is 4.79 Å². The van der Waals surface area contributed by atoms with Gasteiger partial charge in [0.2, 0.25) is 0 Å². The largest absolute Gasteiger partial charge is 1.00 e. The van der Waals surface area contributed by atoms with Gasteiger partial charge in [-0.15, -0.1) is 0 Å². The van der Waals surface area contributed by atoms with Crippen LogP contribution < -0.4 is 38.5 Å². The van der Waals surface area contributed by atoms with Crippen LogP contribution in [0, 0.1) is 0 Å². The van der Waals surface area contributed by atoms with E-state index in [9.17, 15) is 9.59 Å². The molecule has 1 unspecified atom stereocenters. The Morgan fingerprint density at radius 1 is 1.26 bits per heavy atom. The second kappa shape index (κ2) is 10.2. The standard InChI is InChI=1S/C19H28N4O3.ClH/c1-4-5-6-7-8-15-18(25)23(12(2)3)14-10-9-13(11-16(14)26-15)17(24)22-19(20)21;/h9-12,15H,4-8H2,1-3H3,(H4,20,21,22,24);1H. The van der Waals surface area contributed by atoms with Gasteiger partial charge >= 0.3 is 11.9 Å². The van der Waals surface area contributed by atoms with Crippen molar-refractivity contribution >= 4 is 23.5 Å². The second-order valence-electron chi connectivity index (χ2n) is 6.85. The number of hydrogen-bond acceptors (Lipinski definition) is 3. The highest BCUT2D eigenvalue weighted by atomic mass is 35.5. The van der Waals surface area contributed by atoms with E-state index in [2.05, 4.69) is 11.9 Å². The molecule has 1 atom stereocenters. The zero-order valence-corrected chi connectivity index (χ0v) is 16.9. The first-order chi connectivity index (χ1) is 12.3. The lowest BCUT2D eigenvalue weighted by atomic mass is 10.0. The van der Waals surface area contributed by atoms with Crippen LogP contribution in [-0.4, -0.2) is 29.9 Å². The molecule has 0 bridgehead atoms.